The average Bonchev–Trinajstić information content (AvgIpc) is 2.90. The first kappa shape index (κ1) is 39.1. The lowest BCUT2D eigenvalue weighted by Gasteiger charge is -2.48. The lowest BCUT2D eigenvalue weighted by Crippen LogP contribution is -2.64. The van der Waals surface area contributed by atoms with Crippen molar-refractivity contribution < 1.29 is 88.6 Å². The van der Waals surface area contributed by atoms with Crippen molar-refractivity contribution in [1.82, 2.24) is 0 Å². The molecule has 21 heteroatoms. The van der Waals surface area contributed by atoms with Crippen LogP contribution in [-0.4, -0.2) is 129 Å². The van der Waals surface area contributed by atoms with Crippen LogP contribution in [0, 0.1) is 0 Å². The zero-order chi connectivity index (χ0) is 34.9. The van der Waals surface area contributed by atoms with Crippen molar-refractivity contribution in [2.75, 3.05) is 20.3 Å². The first-order valence-electron chi connectivity index (χ1n) is 13.4. The summed E-state index contributed by atoms with van der Waals surface area (Å²) in [5.41, 5.74) is -1.53. The summed E-state index contributed by atoms with van der Waals surface area (Å²) in [7, 11) is -4.12. The SMILES string of the molecule is CO[C@@H]1O[C@H](COC(C)=O)[C@H](OS(=O)(=O)O)[C@@H](S[C@@H]2O[C@H](COC(C)=O)[C@@H](OC(C)=O)[C@H](OC(C)=O)[C@H]2OC(C)=O)[C@H]1OC(C)=O. The van der Waals surface area contributed by atoms with E-state index in [9.17, 15) is 41.7 Å². The maximum Gasteiger partial charge on any atom is 0.397 e. The number of carbonyl (C=O) groups excluding carboxylic acids is 6. The van der Waals surface area contributed by atoms with Crippen LogP contribution in [0.25, 0.3) is 0 Å². The number of rotatable bonds is 13. The zero-order valence-corrected chi connectivity index (χ0v) is 27.4. The third kappa shape index (κ3) is 11.9. The Morgan fingerprint density at radius 1 is 0.630 bits per heavy atom. The Morgan fingerprint density at radius 2 is 1.07 bits per heavy atom. The molecule has 0 aromatic rings. The second-order valence-corrected chi connectivity index (χ2v) is 12.1. The molecule has 0 aliphatic carbocycles. The molecule has 0 amide bonds. The quantitative estimate of drug-likeness (QED) is 0.140. The monoisotopic (exact) mass is 704 g/mol. The molecule has 0 aromatic carbocycles. The summed E-state index contributed by atoms with van der Waals surface area (Å²) in [4.78, 5) is 71.9. The van der Waals surface area contributed by atoms with Gasteiger partial charge in [-0.05, 0) is 0 Å². The van der Waals surface area contributed by atoms with Crippen molar-refractivity contribution in [3.05, 3.63) is 0 Å². The van der Waals surface area contributed by atoms with E-state index in [2.05, 4.69) is 0 Å². The third-order valence-corrected chi connectivity index (χ3v) is 8.01. The van der Waals surface area contributed by atoms with Crippen LogP contribution in [0.1, 0.15) is 41.5 Å². The average molecular weight is 705 g/mol. The summed E-state index contributed by atoms with van der Waals surface area (Å²) >= 11 is 0.587. The third-order valence-electron chi connectivity index (χ3n) is 6.05. The van der Waals surface area contributed by atoms with Gasteiger partial charge in [0.25, 0.3) is 0 Å². The van der Waals surface area contributed by atoms with Gasteiger partial charge in [0.1, 0.15) is 37.0 Å². The summed E-state index contributed by atoms with van der Waals surface area (Å²) in [5.74, 6) is -5.16. The summed E-state index contributed by atoms with van der Waals surface area (Å²) < 4.78 is 87.3. The molecular weight excluding hydrogens is 668 g/mol. The molecule has 46 heavy (non-hydrogen) atoms. The highest BCUT2D eigenvalue weighted by Crippen LogP contribution is 2.42. The molecule has 10 atom stereocenters. The second kappa shape index (κ2) is 17.2. The van der Waals surface area contributed by atoms with Crippen molar-refractivity contribution in [2.24, 2.45) is 0 Å². The van der Waals surface area contributed by atoms with Crippen molar-refractivity contribution >= 4 is 58.0 Å². The molecule has 0 unspecified atom stereocenters. The van der Waals surface area contributed by atoms with E-state index in [0.29, 0.717) is 11.8 Å². The zero-order valence-electron chi connectivity index (χ0n) is 25.8. The van der Waals surface area contributed by atoms with Crippen LogP contribution in [0.3, 0.4) is 0 Å². The van der Waals surface area contributed by atoms with Gasteiger partial charge >= 0.3 is 46.2 Å². The van der Waals surface area contributed by atoms with Crippen molar-refractivity contribution in [2.45, 2.75) is 101 Å². The molecule has 2 heterocycles. The van der Waals surface area contributed by atoms with Crippen LogP contribution in [-0.2, 0) is 86.0 Å². The van der Waals surface area contributed by atoms with Crippen LogP contribution in [0.4, 0.5) is 0 Å². The molecule has 0 spiro atoms. The maximum absolute atomic E-state index is 12.3. The number of hydrogen-bond acceptors (Lipinski definition) is 19. The predicted molar refractivity (Wildman–Crippen MR) is 148 cm³/mol. The summed E-state index contributed by atoms with van der Waals surface area (Å²) in [6.45, 7) is 5.00. The van der Waals surface area contributed by atoms with Crippen LogP contribution >= 0.6 is 11.8 Å². The molecule has 262 valence electrons. The van der Waals surface area contributed by atoms with Gasteiger partial charge in [0.2, 0.25) is 0 Å². The Balaban J connectivity index is 2.74. The summed E-state index contributed by atoms with van der Waals surface area (Å²) in [5, 5.41) is -1.48. The van der Waals surface area contributed by atoms with Gasteiger partial charge in [0, 0.05) is 48.7 Å². The highest BCUT2D eigenvalue weighted by molar-refractivity contribution is 8.00. The Morgan fingerprint density at radius 3 is 1.50 bits per heavy atom. The van der Waals surface area contributed by atoms with Gasteiger partial charge in [-0.15, -0.1) is 11.8 Å². The summed E-state index contributed by atoms with van der Waals surface area (Å²) in [6, 6.07) is 0. The van der Waals surface area contributed by atoms with Crippen LogP contribution in [0.15, 0.2) is 0 Å². The summed E-state index contributed by atoms with van der Waals surface area (Å²) in [6.07, 6.45) is -12.4. The minimum Gasteiger partial charge on any atom is -0.463 e. The van der Waals surface area contributed by atoms with E-state index in [1.54, 1.807) is 0 Å². The molecule has 2 saturated heterocycles. The normalized spacial score (nSPS) is 31.1. The van der Waals surface area contributed by atoms with Gasteiger partial charge in [-0.2, -0.15) is 8.42 Å². The fourth-order valence-electron chi connectivity index (χ4n) is 4.58. The van der Waals surface area contributed by atoms with Crippen molar-refractivity contribution in [3.63, 3.8) is 0 Å². The molecule has 0 saturated carbocycles. The minimum atomic E-state index is -5.28. The highest BCUT2D eigenvalue weighted by Gasteiger charge is 2.57. The van der Waals surface area contributed by atoms with E-state index < -0.39 is 119 Å². The number of ether oxygens (including phenoxy) is 9. The Bertz CT molecular complexity index is 1240. The number of hydrogen-bond donors (Lipinski definition) is 1. The fraction of sp³-hybridized carbons (Fsp3) is 0.760. The topological polar surface area (TPSA) is 249 Å². The smallest absolute Gasteiger partial charge is 0.397 e. The first-order valence-corrected chi connectivity index (χ1v) is 15.7. The van der Waals surface area contributed by atoms with Crippen LogP contribution in [0.5, 0.6) is 0 Å². The van der Waals surface area contributed by atoms with E-state index in [0.717, 1.165) is 48.7 Å². The van der Waals surface area contributed by atoms with E-state index in [-0.39, 0.29) is 0 Å². The molecule has 19 nitrogen and oxygen atoms in total. The fourth-order valence-corrected chi connectivity index (χ4v) is 6.78. The predicted octanol–water partition coefficient (Wildman–Crippen LogP) is -0.775. The molecule has 2 aliphatic heterocycles. The Hall–Kier alpha value is -3.08. The van der Waals surface area contributed by atoms with Crippen molar-refractivity contribution in [1.29, 1.82) is 0 Å². The standard InChI is InChI=1S/C25H36O19S2/c1-10(26)36-8-16-18(38-12(3)28)20(39-13(4)29)21(40-14(5)30)25(43-16)45-23-19(44-46(32,33)34)17(9-37-11(2)27)42-24(35-7)22(23)41-15(6)31/h16-25H,8-9H2,1-7H3,(H,32,33,34)/t16-,17-,18-,19+,20+,21-,22-,23-,24-,25+/m1/s1. The largest absolute Gasteiger partial charge is 0.463 e. The lowest BCUT2D eigenvalue weighted by molar-refractivity contribution is -0.262. The number of methoxy groups -OCH3 is 1. The van der Waals surface area contributed by atoms with Gasteiger partial charge in [0.15, 0.2) is 30.7 Å². The second-order valence-electron chi connectivity index (χ2n) is 9.81. The van der Waals surface area contributed by atoms with Gasteiger partial charge in [0.05, 0.1) is 5.25 Å². The van der Waals surface area contributed by atoms with Gasteiger partial charge in [-0.25, -0.2) is 4.18 Å². The van der Waals surface area contributed by atoms with E-state index in [1.807, 2.05) is 0 Å². The molecule has 0 aromatic heterocycles. The Kier molecular flexibility index (Phi) is 14.6. The molecule has 0 radical (unpaired) electrons. The molecule has 2 rings (SSSR count). The van der Waals surface area contributed by atoms with Crippen molar-refractivity contribution in [3.8, 4) is 0 Å². The molecule has 2 fully saturated rings. The number of esters is 6. The van der Waals surface area contributed by atoms with Crippen LogP contribution < -0.4 is 0 Å². The molecule has 0 bridgehead atoms. The van der Waals surface area contributed by atoms with E-state index >= 15 is 0 Å². The number of thioether (sulfide) groups is 1. The van der Waals surface area contributed by atoms with Gasteiger partial charge in [-0.1, -0.05) is 0 Å². The van der Waals surface area contributed by atoms with Crippen LogP contribution in [0.2, 0.25) is 0 Å². The van der Waals surface area contributed by atoms with Gasteiger partial charge in [-0.3, -0.25) is 33.3 Å². The highest BCUT2D eigenvalue weighted by atomic mass is 32.3. The first-order chi connectivity index (χ1) is 21.3. The Labute approximate surface area is 268 Å². The van der Waals surface area contributed by atoms with E-state index in [1.165, 1.54) is 0 Å². The maximum atomic E-state index is 12.3. The van der Waals surface area contributed by atoms with Gasteiger partial charge < -0.3 is 42.6 Å². The molecule has 2 aliphatic rings. The molecular formula is C25H36O19S2. The van der Waals surface area contributed by atoms with E-state index in [4.69, 9.17) is 46.8 Å². The molecule has 1 N–H and O–H groups in total. The lowest BCUT2D eigenvalue weighted by atomic mass is 9.99. The minimum absolute atomic E-state index is 0.573. The number of carbonyl (C=O) groups is 6.